The largest absolute Gasteiger partial charge is 0.371 e. The van der Waals surface area contributed by atoms with Gasteiger partial charge in [-0.1, -0.05) is 25.1 Å². The van der Waals surface area contributed by atoms with Crippen LogP contribution in [-0.2, 0) is 14.8 Å². The molecule has 0 spiro atoms. The minimum absolute atomic E-state index is 0.00422. The molecule has 2 atom stereocenters. The number of hydrogen-bond donors (Lipinski definition) is 1. The van der Waals surface area contributed by atoms with E-state index >= 15 is 0 Å². The lowest BCUT2D eigenvalue weighted by Crippen LogP contribution is -2.46. The summed E-state index contributed by atoms with van der Waals surface area (Å²) in [6.07, 6.45) is 3.20. The molecule has 2 fully saturated rings. The van der Waals surface area contributed by atoms with Crippen molar-refractivity contribution in [3.05, 3.63) is 30.3 Å². The van der Waals surface area contributed by atoms with E-state index in [1.54, 1.807) is 0 Å². The summed E-state index contributed by atoms with van der Waals surface area (Å²) in [5.41, 5.74) is 1.23. The lowest BCUT2D eigenvalue weighted by atomic mass is 9.98. The van der Waals surface area contributed by atoms with Crippen molar-refractivity contribution in [3.8, 4) is 0 Å². The Morgan fingerprint density at radius 1 is 1.15 bits per heavy atom. The standard InChI is InChI=1S/C20H31N3O3S/c1-2-13-27(25,26)23-11-6-7-18(16-23)20(24)21-14-17-10-12-22(15-17)19-8-4-3-5-9-19/h3-5,8-9,17-18H,2,6-7,10-16H2,1H3,(H,21,24). The number of carbonyl (C=O) groups is 1. The molecule has 3 rings (SSSR count). The zero-order valence-corrected chi connectivity index (χ0v) is 17.0. The van der Waals surface area contributed by atoms with Crippen LogP contribution in [0.15, 0.2) is 30.3 Å². The number of nitrogens with zero attached hydrogens (tertiary/aromatic N) is 2. The molecule has 27 heavy (non-hydrogen) atoms. The van der Waals surface area contributed by atoms with Crippen molar-refractivity contribution >= 4 is 21.6 Å². The molecule has 2 unspecified atom stereocenters. The molecular weight excluding hydrogens is 362 g/mol. The number of amides is 1. The molecule has 2 heterocycles. The van der Waals surface area contributed by atoms with Gasteiger partial charge in [-0.15, -0.1) is 0 Å². The quantitative estimate of drug-likeness (QED) is 0.770. The first-order valence-corrected chi connectivity index (χ1v) is 11.7. The number of benzene rings is 1. The summed E-state index contributed by atoms with van der Waals surface area (Å²) in [7, 11) is -3.22. The first-order valence-electron chi connectivity index (χ1n) is 10.0. The van der Waals surface area contributed by atoms with Gasteiger partial charge in [0.25, 0.3) is 0 Å². The highest BCUT2D eigenvalue weighted by Gasteiger charge is 2.32. The van der Waals surface area contributed by atoms with Gasteiger partial charge in [-0.2, -0.15) is 0 Å². The lowest BCUT2D eigenvalue weighted by molar-refractivity contribution is -0.126. The van der Waals surface area contributed by atoms with Crippen LogP contribution in [-0.4, -0.2) is 57.1 Å². The zero-order valence-electron chi connectivity index (χ0n) is 16.1. The van der Waals surface area contributed by atoms with E-state index in [2.05, 4.69) is 22.3 Å². The van der Waals surface area contributed by atoms with Crippen molar-refractivity contribution < 1.29 is 13.2 Å². The number of hydrogen-bond acceptors (Lipinski definition) is 4. The van der Waals surface area contributed by atoms with Crippen molar-refractivity contribution in [2.75, 3.05) is 43.4 Å². The van der Waals surface area contributed by atoms with Gasteiger partial charge in [0.2, 0.25) is 15.9 Å². The first-order chi connectivity index (χ1) is 13.0. The highest BCUT2D eigenvalue weighted by molar-refractivity contribution is 7.89. The van der Waals surface area contributed by atoms with E-state index in [1.165, 1.54) is 9.99 Å². The van der Waals surface area contributed by atoms with Gasteiger partial charge in [-0.25, -0.2) is 12.7 Å². The van der Waals surface area contributed by atoms with Crippen LogP contribution in [0.2, 0.25) is 0 Å². The van der Waals surface area contributed by atoms with Crippen molar-refractivity contribution in [2.24, 2.45) is 11.8 Å². The maximum atomic E-state index is 12.6. The van der Waals surface area contributed by atoms with E-state index in [-0.39, 0.29) is 17.6 Å². The van der Waals surface area contributed by atoms with Crippen molar-refractivity contribution in [3.63, 3.8) is 0 Å². The number of para-hydroxylation sites is 1. The average molecular weight is 394 g/mol. The van der Waals surface area contributed by atoms with E-state index in [0.717, 1.165) is 32.4 Å². The summed E-state index contributed by atoms with van der Waals surface area (Å²) in [5, 5.41) is 3.08. The fourth-order valence-electron chi connectivity index (χ4n) is 4.06. The molecule has 0 radical (unpaired) electrons. The summed E-state index contributed by atoms with van der Waals surface area (Å²) in [6, 6.07) is 10.4. The van der Waals surface area contributed by atoms with Crippen LogP contribution in [0.25, 0.3) is 0 Å². The third kappa shape index (κ3) is 5.23. The number of sulfonamides is 1. The van der Waals surface area contributed by atoms with E-state index in [9.17, 15) is 13.2 Å². The van der Waals surface area contributed by atoms with Crippen LogP contribution in [0.1, 0.15) is 32.6 Å². The molecule has 0 bridgehead atoms. The molecule has 0 saturated carbocycles. The summed E-state index contributed by atoms with van der Waals surface area (Å²) in [6.45, 7) is 5.37. The van der Waals surface area contributed by atoms with Crippen LogP contribution in [0.4, 0.5) is 5.69 Å². The minimum Gasteiger partial charge on any atom is -0.371 e. The highest BCUT2D eigenvalue weighted by Crippen LogP contribution is 2.24. The molecule has 1 N–H and O–H groups in total. The highest BCUT2D eigenvalue weighted by atomic mass is 32.2. The summed E-state index contributed by atoms with van der Waals surface area (Å²) in [4.78, 5) is 14.9. The monoisotopic (exact) mass is 393 g/mol. The van der Waals surface area contributed by atoms with Gasteiger partial charge < -0.3 is 10.2 Å². The zero-order chi connectivity index (χ0) is 19.3. The van der Waals surface area contributed by atoms with E-state index in [4.69, 9.17) is 0 Å². The van der Waals surface area contributed by atoms with Gasteiger partial charge in [0.1, 0.15) is 0 Å². The molecular formula is C20H31N3O3S. The average Bonchev–Trinajstić information content (AvgIpc) is 3.16. The molecule has 2 aliphatic rings. The Kier molecular flexibility index (Phi) is 6.76. The Labute approximate surface area is 163 Å². The predicted octanol–water partition coefficient (Wildman–Crippen LogP) is 2.08. The van der Waals surface area contributed by atoms with Gasteiger partial charge >= 0.3 is 0 Å². The Balaban J connectivity index is 1.47. The van der Waals surface area contributed by atoms with Crippen LogP contribution in [0.5, 0.6) is 0 Å². The second kappa shape index (κ2) is 9.06. The van der Waals surface area contributed by atoms with Gasteiger partial charge in [-0.3, -0.25) is 4.79 Å². The second-order valence-electron chi connectivity index (χ2n) is 7.69. The lowest BCUT2D eigenvalue weighted by Gasteiger charge is -2.31. The fraction of sp³-hybridized carbons (Fsp3) is 0.650. The Bertz CT molecular complexity index is 723. The second-order valence-corrected chi connectivity index (χ2v) is 9.78. The molecule has 6 nitrogen and oxygen atoms in total. The molecule has 1 aromatic carbocycles. The van der Waals surface area contributed by atoms with Crippen molar-refractivity contribution in [2.45, 2.75) is 32.6 Å². The third-order valence-corrected chi connectivity index (χ3v) is 7.63. The molecule has 7 heteroatoms. The van der Waals surface area contributed by atoms with Gasteiger partial charge in [-0.05, 0) is 43.7 Å². The third-order valence-electron chi connectivity index (χ3n) is 5.58. The SMILES string of the molecule is CCCS(=O)(=O)N1CCCC(C(=O)NCC2CCN(c3ccccc3)C2)C1. The van der Waals surface area contributed by atoms with Crippen LogP contribution < -0.4 is 10.2 Å². The molecule has 2 aliphatic heterocycles. The Hall–Kier alpha value is -1.60. The maximum Gasteiger partial charge on any atom is 0.224 e. The Morgan fingerprint density at radius 3 is 2.67 bits per heavy atom. The number of carbonyl (C=O) groups excluding carboxylic acids is 1. The molecule has 0 aliphatic carbocycles. The van der Waals surface area contributed by atoms with E-state index < -0.39 is 10.0 Å². The molecule has 150 valence electrons. The van der Waals surface area contributed by atoms with Crippen molar-refractivity contribution in [1.82, 2.24) is 9.62 Å². The fourth-order valence-corrected chi connectivity index (χ4v) is 5.65. The predicted molar refractivity (Wildman–Crippen MR) is 108 cm³/mol. The Morgan fingerprint density at radius 2 is 1.93 bits per heavy atom. The van der Waals surface area contributed by atoms with Crippen molar-refractivity contribution in [1.29, 1.82) is 0 Å². The number of rotatable bonds is 7. The smallest absolute Gasteiger partial charge is 0.224 e. The topological polar surface area (TPSA) is 69.7 Å². The number of piperidine rings is 1. The van der Waals surface area contributed by atoms with Crippen LogP contribution >= 0.6 is 0 Å². The molecule has 0 aromatic heterocycles. The van der Waals surface area contributed by atoms with E-state index in [1.807, 2.05) is 25.1 Å². The molecule has 1 aromatic rings. The first kappa shape index (κ1) is 20.1. The maximum absolute atomic E-state index is 12.6. The molecule has 1 amide bonds. The van der Waals surface area contributed by atoms with Gasteiger partial charge in [0, 0.05) is 38.4 Å². The molecule has 2 saturated heterocycles. The van der Waals surface area contributed by atoms with Crippen LogP contribution in [0, 0.1) is 11.8 Å². The normalized spacial score (nSPS) is 24.1. The number of nitrogens with one attached hydrogen (secondary N) is 1. The van der Waals surface area contributed by atoms with Crippen LogP contribution in [0.3, 0.4) is 0 Å². The van der Waals surface area contributed by atoms with E-state index in [0.29, 0.717) is 32.0 Å². The summed E-state index contributed by atoms with van der Waals surface area (Å²) >= 11 is 0. The summed E-state index contributed by atoms with van der Waals surface area (Å²) in [5.74, 6) is 0.387. The summed E-state index contributed by atoms with van der Waals surface area (Å²) < 4.78 is 26.1. The van der Waals surface area contributed by atoms with Gasteiger partial charge in [0.15, 0.2) is 0 Å². The number of anilines is 1. The minimum atomic E-state index is -3.22. The van der Waals surface area contributed by atoms with Gasteiger partial charge in [0.05, 0.1) is 11.7 Å².